The smallest absolute Gasteiger partial charge is 0.323 e. The van der Waals surface area contributed by atoms with Gasteiger partial charge in [-0.2, -0.15) is 8.42 Å². The van der Waals surface area contributed by atoms with E-state index >= 15 is 0 Å². The van der Waals surface area contributed by atoms with Crippen molar-refractivity contribution in [2.24, 2.45) is 0 Å². The van der Waals surface area contributed by atoms with Gasteiger partial charge in [-0.25, -0.2) is 0 Å². The second-order valence-corrected chi connectivity index (χ2v) is 8.63. The van der Waals surface area contributed by atoms with Crippen LogP contribution in [0.25, 0.3) is 0 Å². The van der Waals surface area contributed by atoms with E-state index in [2.05, 4.69) is 4.18 Å². The Bertz CT molecular complexity index is 802. The van der Waals surface area contributed by atoms with Gasteiger partial charge in [0.05, 0.1) is 11.5 Å². The highest BCUT2D eigenvalue weighted by molar-refractivity contribution is 7.87. The van der Waals surface area contributed by atoms with Crippen molar-refractivity contribution in [3.05, 3.63) is 65.7 Å². The molecule has 2 aromatic carbocycles. The molecule has 0 aliphatic carbocycles. The average Bonchev–Trinajstić information content (AvgIpc) is 2.55. The molecular weight excluding hydrogens is 351 g/mol. The summed E-state index contributed by atoms with van der Waals surface area (Å²) in [6.07, 6.45) is -0.478. The van der Waals surface area contributed by atoms with Crippen LogP contribution in [0.15, 0.2) is 59.5 Å². The van der Waals surface area contributed by atoms with Gasteiger partial charge in [-0.1, -0.05) is 48.0 Å². The molecule has 0 aliphatic heterocycles. The molecule has 0 aliphatic rings. The molecule has 0 saturated carbocycles. The minimum absolute atomic E-state index is 0.00820. The normalized spacial score (nSPS) is 14.2. The summed E-state index contributed by atoms with van der Waals surface area (Å²) in [5.41, 5.74) is 1.84. The van der Waals surface area contributed by atoms with E-state index in [0.717, 1.165) is 11.1 Å². The molecule has 6 nitrogen and oxygen atoms in total. The molecule has 0 aromatic heterocycles. The Kier molecular flexibility index (Phi) is 6.32. The summed E-state index contributed by atoms with van der Waals surface area (Å²) in [6.45, 7) is 1.81. The third-order valence-electron chi connectivity index (χ3n) is 3.21. The summed E-state index contributed by atoms with van der Waals surface area (Å²) in [4.78, 5) is 9.62. The lowest BCUT2D eigenvalue weighted by Gasteiger charge is -2.12. The topological polar surface area (TPSA) is 89.9 Å². The van der Waals surface area contributed by atoms with E-state index in [1.54, 1.807) is 12.1 Å². The van der Waals surface area contributed by atoms with Gasteiger partial charge in [0.15, 0.2) is 6.35 Å². The largest absolute Gasteiger partial charge is 0.355 e. The third-order valence-corrected chi connectivity index (χ3v) is 5.70. The number of benzene rings is 2. The maximum atomic E-state index is 12.0. The molecule has 24 heavy (non-hydrogen) atoms. The molecule has 0 spiro atoms. The highest BCUT2D eigenvalue weighted by Crippen LogP contribution is 2.42. The van der Waals surface area contributed by atoms with Gasteiger partial charge in [0.25, 0.3) is 10.1 Å². The molecule has 1 atom stereocenters. The first-order valence-corrected chi connectivity index (χ1v) is 10.4. The van der Waals surface area contributed by atoms with Crippen molar-refractivity contribution in [1.29, 1.82) is 0 Å². The van der Waals surface area contributed by atoms with Crippen molar-refractivity contribution >= 4 is 17.7 Å². The standard InChI is InChI=1S/C16H19O6PS/c1-14-7-9-16(10-8-14)24(19,20)22-13-23(17,18)21-12-11-15-5-3-2-4-6-15/h2-10H,11-13H2,1H3,(H,17,18). The first-order chi connectivity index (χ1) is 11.3. The number of rotatable bonds is 8. The predicted molar refractivity (Wildman–Crippen MR) is 90.2 cm³/mol. The van der Waals surface area contributed by atoms with E-state index in [1.807, 2.05) is 37.3 Å². The lowest BCUT2D eigenvalue weighted by molar-refractivity contribution is 0.234. The van der Waals surface area contributed by atoms with Gasteiger partial charge in [0.1, 0.15) is 0 Å². The zero-order valence-electron chi connectivity index (χ0n) is 13.2. The van der Waals surface area contributed by atoms with Crippen LogP contribution < -0.4 is 0 Å². The maximum Gasteiger partial charge on any atom is 0.355 e. The van der Waals surface area contributed by atoms with Crippen LogP contribution in [0.5, 0.6) is 0 Å². The molecule has 0 saturated heterocycles. The number of aryl methyl sites for hydroxylation is 1. The number of hydrogen-bond donors (Lipinski definition) is 1. The van der Waals surface area contributed by atoms with Gasteiger partial charge in [-0.3, -0.25) is 8.75 Å². The molecule has 0 fully saturated rings. The van der Waals surface area contributed by atoms with Crippen molar-refractivity contribution in [2.45, 2.75) is 18.2 Å². The van der Waals surface area contributed by atoms with Gasteiger partial charge >= 0.3 is 7.60 Å². The van der Waals surface area contributed by atoms with Crippen LogP contribution in [0.3, 0.4) is 0 Å². The van der Waals surface area contributed by atoms with Crippen molar-refractivity contribution in [3.8, 4) is 0 Å². The predicted octanol–water partition coefficient (Wildman–Crippen LogP) is 3.10. The van der Waals surface area contributed by atoms with E-state index in [-0.39, 0.29) is 11.5 Å². The van der Waals surface area contributed by atoms with E-state index in [4.69, 9.17) is 4.52 Å². The zero-order valence-corrected chi connectivity index (χ0v) is 14.9. The fraction of sp³-hybridized carbons (Fsp3) is 0.250. The van der Waals surface area contributed by atoms with Gasteiger partial charge in [0.2, 0.25) is 0 Å². The Hall–Kier alpha value is -1.50. The highest BCUT2D eigenvalue weighted by Gasteiger charge is 2.25. The Balaban J connectivity index is 1.87. The Morgan fingerprint density at radius 1 is 1.04 bits per heavy atom. The van der Waals surface area contributed by atoms with Crippen LogP contribution in [-0.2, 0) is 29.8 Å². The van der Waals surface area contributed by atoms with Gasteiger partial charge in [-0.05, 0) is 31.0 Å². The fourth-order valence-electron chi connectivity index (χ4n) is 1.90. The van der Waals surface area contributed by atoms with Crippen LogP contribution in [0.4, 0.5) is 0 Å². The molecule has 130 valence electrons. The summed E-state index contributed by atoms with van der Waals surface area (Å²) in [5, 5.41) is 0. The summed E-state index contributed by atoms with van der Waals surface area (Å²) < 4.78 is 45.4. The van der Waals surface area contributed by atoms with E-state index in [1.165, 1.54) is 12.1 Å². The van der Waals surface area contributed by atoms with E-state index in [9.17, 15) is 17.9 Å². The Morgan fingerprint density at radius 2 is 1.67 bits per heavy atom. The fourth-order valence-corrected chi connectivity index (χ4v) is 4.04. The monoisotopic (exact) mass is 370 g/mol. The average molecular weight is 370 g/mol. The van der Waals surface area contributed by atoms with Crippen molar-refractivity contribution in [2.75, 3.05) is 13.0 Å². The summed E-state index contributed by atoms with van der Waals surface area (Å²) >= 11 is 0. The second kappa shape index (κ2) is 8.05. The van der Waals surface area contributed by atoms with Crippen LogP contribution in [0.1, 0.15) is 11.1 Å². The van der Waals surface area contributed by atoms with Crippen LogP contribution >= 0.6 is 7.60 Å². The molecule has 0 radical (unpaired) electrons. The summed E-state index contributed by atoms with van der Waals surface area (Å²) in [5.74, 6) is 0. The molecule has 1 N–H and O–H groups in total. The van der Waals surface area contributed by atoms with Gasteiger partial charge in [-0.15, -0.1) is 0 Å². The van der Waals surface area contributed by atoms with Crippen molar-refractivity contribution in [3.63, 3.8) is 0 Å². The first kappa shape index (κ1) is 18.8. The quantitative estimate of drug-likeness (QED) is 0.567. The van der Waals surface area contributed by atoms with Crippen molar-refractivity contribution < 1.29 is 26.6 Å². The highest BCUT2D eigenvalue weighted by atomic mass is 32.2. The molecule has 0 bridgehead atoms. The second-order valence-electron chi connectivity index (χ2n) is 5.22. The molecule has 8 heteroatoms. The Morgan fingerprint density at radius 3 is 2.29 bits per heavy atom. The molecule has 0 amide bonds. The van der Waals surface area contributed by atoms with Crippen LogP contribution in [0, 0.1) is 6.92 Å². The third kappa shape index (κ3) is 5.85. The van der Waals surface area contributed by atoms with Gasteiger partial charge in [0, 0.05) is 0 Å². The van der Waals surface area contributed by atoms with E-state index < -0.39 is 24.1 Å². The molecule has 0 heterocycles. The lowest BCUT2D eigenvalue weighted by atomic mass is 10.2. The Labute approximate surface area is 141 Å². The molecular formula is C16H19O6PS. The summed E-state index contributed by atoms with van der Waals surface area (Å²) in [7, 11) is -8.26. The lowest BCUT2D eigenvalue weighted by Crippen LogP contribution is -2.09. The van der Waals surface area contributed by atoms with Crippen molar-refractivity contribution in [1.82, 2.24) is 0 Å². The minimum atomic E-state index is -4.16. The SMILES string of the molecule is Cc1ccc(S(=O)(=O)OCP(=O)(O)OCCc2ccccc2)cc1. The maximum absolute atomic E-state index is 12.0. The summed E-state index contributed by atoms with van der Waals surface area (Å²) in [6, 6.07) is 15.3. The van der Waals surface area contributed by atoms with E-state index in [0.29, 0.717) is 6.42 Å². The first-order valence-electron chi connectivity index (χ1n) is 7.25. The molecule has 1 unspecified atom stereocenters. The molecule has 2 aromatic rings. The zero-order chi connectivity index (χ0) is 17.6. The van der Waals surface area contributed by atoms with Crippen LogP contribution in [0.2, 0.25) is 0 Å². The van der Waals surface area contributed by atoms with Crippen LogP contribution in [-0.4, -0.2) is 26.3 Å². The van der Waals surface area contributed by atoms with Gasteiger partial charge < -0.3 is 9.42 Å². The molecule has 2 rings (SSSR count). The number of hydrogen-bond acceptors (Lipinski definition) is 5. The minimum Gasteiger partial charge on any atom is -0.323 e.